The van der Waals surface area contributed by atoms with Crippen LogP contribution in [0, 0.1) is 11.8 Å². The van der Waals surface area contributed by atoms with Gasteiger partial charge in [-0.25, -0.2) is 0 Å². The van der Waals surface area contributed by atoms with Gasteiger partial charge in [0.15, 0.2) is 0 Å². The molecule has 0 rings (SSSR count). The van der Waals surface area contributed by atoms with E-state index in [2.05, 4.69) is 0 Å². The zero-order valence-electron chi connectivity index (χ0n) is 10.7. The van der Waals surface area contributed by atoms with Crippen molar-refractivity contribution in [1.29, 1.82) is 0 Å². The lowest BCUT2D eigenvalue weighted by Gasteiger charge is -2.24. The Morgan fingerprint density at radius 1 is 1.25 bits per heavy atom. The summed E-state index contributed by atoms with van der Waals surface area (Å²) >= 11 is 0. The number of hydrogen-bond donors (Lipinski definition) is 1. The Morgan fingerprint density at radius 2 is 1.81 bits per heavy atom. The Bertz CT molecular complexity index is 238. The number of carbonyl (C=O) groups is 2. The molecule has 0 aromatic carbocycles. The first kappa shape index (κ1) is 14.9. The van der Waals surface area contributed by atoms with Crippen LogP contribution in [0.3, 0.4) is 0 Å². The minimum Gasteiger partial charge on any atom is -0.480 e. The van der Waals surface area contributed by atoms with E-state index in [9.17, 15) is 9.59 Å². The maximum atomic E-state index is 11.8. The lowest BCUT2D eigenvalue weighted by Crippen LogP contribution is -2.38. The predicted octanol–water partition coefficient (Wildman–Crippen LogP) is 1.99. The summed E-state index contributed by atoms with van der Waals surface area (Å²) in [5.41, 5.74) is 0. The molecule has 1 N–H and O–H groups in total. The molecule has 1 atom stereocenters. The third-order valence-corrected chi connectivity index (χ3v) is 2.48. The standard InChI is InChI=1S/C12H23NO3/c1-5-10(4)6-11(14)13(7-9(2)3)8-12(15)16/h9-10H,5-8H2,1-4H3,(H,15,16). The number of nitrogens with zero attached hydrogens (tertiary/aromatic N) is 1. The van der Waals surface area contributed by atoms with Crippen molar-refractivity contribution in [3.8, 4) is 0 Å². The maximum absolute atomic E-state index is 11.8. The summed E-state index contributed by atoms with van der Waals surface area (Å²) in [6, 6.07) is 0. The zero-order chi connectivity index (χ0) is 12.7. The number of amides is 1. The van der Waals surface area contributed by atoms with Crippen molar-refractivity contribution in [2.75, 3.05) is 13.1 Å². The molecule has 4 heteroatoms. The first-order valence-corrected chi connectivity index (χ1v) is 5.86. The molecule has 0 aliphatic carbocycles. The van der Waals surface area contributed by atoms with Gasteiger partial charge in [-0.3, -0.25) is 9.59 Å². The van der Waals surface area contributed by atoms with Crippen LogP contribution in [0.2, 0.25) is 0 Å². The molecule has 1 amide bonds. The van der Waals surface area contributed by atoms with Crippen molar-refractivity contribution in [3.63, 3.8) is 0 Å². The highest BCUT2D eigenvalue weighted by Crippen LogP contribution is 2.10. The van der Waals surface area contributed by atoms with Crippen LogP contribution >= 0.6 is 0 Å². The molecule has 0 bridgehead atoms. The van der Waals surface area contributed by atoms with Crippen LogP contribution in [0.5, 0.6) is 0 Å². The van der Waals surface area contributed by atoms with Crippen molar-refractivity contribution >= 4 is 11.9 Å². The van der Waals surface area contributed by atoms with Gasteiger partial charge in [0, 0.05) is 13.0 Å². The molecular weight excluding hydrogens is 206 g/mol. The Balaban J connectivity index is 4.37. The third kappa shape index (κ3) is 6.43. The lowest BCUT2D eigenvalue weighted by atomic mass is 10.0. The lowest BCUT2D eigenvalue weighted by molar-refractivity contribution is -0.145. The molecule has 0 saturated heterocycles. The summed E-state index contributed by atoms with van der Waals surface area (Å²) in [5, 5.41) is 8.74. The van der Waals surface area contributed by atoms with E-state index < -0.39 is 5.97 Å². The fraction of sp³-hybridized carbons (Fsp3) is 0.833. The van der Waals surface area contributed by atoms with Gasteiger partial charge in [-0.05, 0) is 11.8 Å². The minimum absolute atomic E-state index is 0.0505. The molecule has 0 radical (unpaired) electrons. The Kier molecular flexibility index (Phi) is 6.77. The Morgan fingerprint density at radius 3 is 2.19 bits per heavy atom. The van der Waals surface area contributed by atoms with E-state index in [1.807, 2.05) is 27.7 Å². The molecule has 1 unspecified atom stereocenters. The van der Waals surface area contributed by atoms with Crippen LogP contribution in [-0.2, 0) is 9.59 Å². The first-order valence-electron chi connectivity index (χ1n) is 5.86. The average Bonchev–Trinajstić information content (AvgIpc) is 2.15. The maximum Gasteiger partial charge on any atom is 0.323 e. The molecule has 0 aromatic rings. The van der Waals surface area contributed by atoms with Crippen molar-refractivity contribution in [2.24, 2.45) is 11.8 Å². The van der Waals surface area contributed by atoms with E-state index in [1.54, 1.807) is 0 Å². The van der Waals surface area contributed by atoms with E-state index in [0.717, 1.165) is 6.42 Å². The Labute approximate surface area is 97.6 Å². The number of carboxylic acids is 1. The quantitative estimate of drug-likeness (QED) is 0.726. The van der Waals surface area contributed by atoms with Crippen LogP contribution in [-0.4, -0.2) is 35.0 Å². The Hall–Kier alpha value is -1.06. The van der Waals surface area contributed by atoms with Gasteiger partial charge < -0.3 is 10.0 Å². The molecule has 0 heterocycles. The highest BCUT2D eigenvalue weighted by atomic mass is 16.4. The summed E-state index contributed by atoms with van der Waals surface area (Å²) in [5.74, 6) is -0.389. The van der Waals surface area contributed by atoms with Crippen molar-refractivity contribution in [3.05, 3.63) is 0 Å². The van der Waals surface area contributed by atoms with Gasteiger partial charge in [0.25, 0.3) is 0 Å². The van der Waals surface area contributed by atoms with Gasteiger partial charge in [-0.2, -0.15) is 0 Å². The van der Waals surface area contributed by atoms with Gasteiger partial charge >= 0.3 is 5.97 Å². The second-order valence-corrected chi connectivity index (χ2v) is 4.78. The van der Waals surface area contributed by atoms with Gasteiger partial charge in [0.05, 0.1) is 0 Å². The zero-order valence-corrected chi connectivity index (χ0v) is 10.7. The highest BCUT2D eigenvalue weighted by molar-refractivity contribution is 5.81. The summed E-state index contributed by atoms with van der Waals surface area (Å²) in [6.45, 7) is 8.32. The minimum atomic E-state index is -0.946. The monoisotopic (exact) mass is 229 g/mol. The summed E-state index contributed by atoms with van der Waals surface area (Å²) < 4.78 is 0. The van der Waals surface area contributed by atoms with Crippen molar-refractivity contribution in [2.45, 2.75) is 40.5 Å². The van der Waals surface area contributed by atoms with Gasteiger partial charge in [0.1, 0.15) is 6.54 Å². The van der Waals surface area contributed by atoms with E-state index in [1.165, 1.54) is 4.90 Å². The van der Waals surface area contributed by atoms with Crippen LogP contribution in [0.4, 0.5) is 0 Å². The number of carboxylic acid groups (broad SMARTS) is 1. The van der Waals surface area contributed by atoms with Crippen LogP contribution < -0.4 is 0 Å². The van der Waals surface area contributed by atoms with Crippen LogP contribution in [0.1, 0.15) is 40.5 Å². The molecule has 94 valence electrons. The molecular formula is C12H23NO3. The topological polar surface area (TPSA) is 57.6 Å². The molecule has 16 heavy (non-hydrogen) atoms. The first-order chi connectivity index (χ1) is 7.36. The normalized spacial score (nSPS) is 12.6. The molecule has 4 nitrogen and oxygen atoms in total. The van der Waals surface area contributed by atoms with E-state index in [-0.39, 0.29) is 12.5 Å². The second kappa shape index (κ2) is 7.25. The van der Waals surface area contributed by atoms with Crippen LogP contribution in [0.25, 0.3) is 0 Å². The second-order valence-electron chi connectivity index (χ2n) is 4.78. The van der Waals surface area contributed by atoms with Crippen LogP contribution in [0.15, 0.2) is 0 Å². The number of aliphatic carboxylic acids is 1. The number of rotatable bonds is 7. The number of hydrogen-bond acceptors (Lipinski definition) is 2. The van der Waals surface area contributed by atoms with Crippen molar-refractivity contribution < 1.29 is 14.7 Å². The van der Waals surface area contributed by atoms with Gasteiger partial charge in [0.2, 0.25) is 5.91 Å². The predicted molar refractivity (Wildman–Crippen MR) is 63.1 cm³/mol. The van der Waals surface area contributed by atoms with E-state index in [0.29, 0.717) is 24.8 Å². The number of carbonyl (C=O) groups excluding carboxylic acids is 1. The summed E-state index contributed by atoms with van der Waals surface area (Å²) in [6.07, 6.45) is 1.38. The fourth-order valence-electron chi connectivity index (χ4n) is 1.43. The summed E-state index contributed by atoms with van der Waals surface area (Å²) in [4.78, 5) is 23.9. The molecule has 0 saturated carbocycles. The third-order valence-electron chi connectivity index (χ3n) is 2.48. The molecule has 0 aliphatic heterocycles. The largest absolute Gasteiger partial charge is 0.480 e. The molecule has 0 fully saturated rings. The van der Waals surface area contributed by atoms with Gasteiger partial charge in [-0.1, -0.05) is 34.1 Å². The summed E-state index contributed by atoms with van der Waals surface area (Å²) in [7, 11) is 0. The highest BCUT2D eigenvalue weighted by Gasteiger charge is 2.19. The van der Waals surface area contributed by atoms with Gasteiger partial charge in [-0.15, -0.1) is 0 Å². The molecule has 0 aliphatic rings. The average molecular weight is 229 g/mol. The smallest absolute Gasteiger partial charge is 0.323 e. The van der Waals surface area contributed by atoms with Crippen molar-refractivity contribution in [1.82, 2.24) is 4.90 Å². The fourth-order valence-corrected chi connectivity index (χ4v) is 1.43. The van der Waals surface area contributed by atoms with E-state index >= 15 is 0 Å². The molecule has 0 aromatic heterocycles. The molecule has 0 spiro atoms. The SMILES string of the molecule is CCC(C)CC(=O)N(CC(=O)O)CC(C)C. The van der Waals surface area contributed by atoms with E-state index in [4.69, 9.17) is 5.11 Å².